The third-order valence-electron chi connectivity index (χ3n) is 26.5. The molecule has 24 aromatic carbocycles. The van der Waals surface area contributed by atoms with Gasteiger partial charge in [-0.25, -0.2) is 0 Å². The lowest BCUT2D eigenvalue weighted by Gasteiger charge is -2.27. The summed E-state index contributed by atoms with van der Waals surface area (Å²) in [5, 5.41) is 17.6. The van der Waals surface area contributed by atoms with Crippen molar-refractivity contribution < 1.29 is 0 Å². The predicted octanol–water partition coefficient (Wildman–Crippen LogP) is 37.7. The van der Waals surface area contributed by atoms with Crippen LogP contribution in [0.15, 0.2) is 569 Å². The second-order valence-corrected chi connectivity index (χ2v) is 35.0. The molecule has 0 amide bonds. The SMILES string of the molecule is [B]N=P.c1ccc(-c2c3ccccc3c(-c3ccc(-n4c5ccccc5c5ccccc54)cc3)c3ccccc23)cc1.c1ccc(N(c2ccc(-c3ccc(N(c4ccccc4)c4cccc5ccccc45)cc3)cc2)c2ccc(-c3cccc4ccccc34)cc2)cc1.c1ccc(N(c2ccc(-c3ccc(N(c4ccccc4)c4cccc5ccccc45)cc3)cc2)c2cccc3ccccc23)cc1. The van der Waals surface area contributed by atoms with E-state index in [2.05, 4.69) is 610 Å². The van der Waals surface area contributed by atoms with Crippen molar-refractivity contribution >= 4 is 172 Å². The van der Waals surface area contributed by atoms with Crippen LogP contribution in [-0.2, 0) is 0 Å². The Labute approximate surface area is 820 Å². The van der Waals surface area contributed by atoms with Gasteiger partial charge in [-0.2, -0.15) is 0 Å². The Morgan fingerprint density at radius 3 is 0.707 bits per heavy atom. The average molecular weight is 1810 g/mol. The minimum Gasteiger partial charge on any atom is -0.344 e. The minimum atomic E-state index is 1.11. The maximum Gasteiger partial charge on any atom is 0.265 e. The number of hydrogen-bond acceptors (Lipinski definition) is 5. The Hall–Kier alpha value is -18.0. The third-order valence-corrected chi connectivity index (χ3v) is 26.5. The van der Waals surface area contributed by atoms with Gasteiger partial charge in [0.25, 0.3) is 7.98 Å². The van der Waals surface area contributed by atoms with Crippen LogP contribution in [0.2, 0.25) is 0 Å². The Balaban J connectivity index is 0.000000120. The molecule has 8 heteroatoms. The van der Waals surface area contributed by atoms with Crippen LogP contribution in [0.3, 0.4) is 0 Å². The number of anilines is 12. The molecule has 1 aromatic heterocycles. The van der Waals surface area contributed by atoms with Crippen molar-refractivity contribution in [2.24, 2.45) is 4.66 Å². The minimum absolute atomic E-state index is 1.11. The number of nitrogens with zero attached hydrogens (tertiary/aromatic N) is 6. The van der Waals surface area contributed by atoms with Gasteiger partial charge < -0.3 is 28.8 Å². The highest BCUT2D eigenvalue weighted by Crippen LogP contribution is 2.49. The molecule has 0 N–H and O–H groups in total. The van der Waals surface area contributed by atoms with E-state index in [1.54, 1.807) is 0 Å². The van der Waals surface area contributed by atoms with Gasteiger partial charge in [0, 0.05) is 83.8 Å². The lowest BCUT2D eigenvalue weighted by molar-refractivity contribution is 1.18. The van der Waals surface area contributed by atoms with Crippen molar-refractivity contribution in [3.05, 3.63) is 564 Å². The number of benzene rings is 24. The number of rotatable bonds is 18. The molecular weight excluding hydrogens is 1710 g/mol. The van der Waals surface area contributed by atoms with Crippen LogP contribution in [0.25, 0.3) is 148 Å². The lowest BCUT2D eigenvalue weighted by atomic mass is 9.86. The summed E-state index contributed by atoms with van der Waals surface area (Å²) in [7, 11) is 6.97. The average Bonchev–Trinajstić information content (AvgIpc) is 1.24. The molecule has 25 rings (SSSR count). The normalized spacial score (nSPS) is 11.1. The van der Waals surface area contributed by atoms with E-state index in [0.29, 0.717) is 0 Å². The highest BCUT2D eigenvalue weighted by molar-refractivity contribution is 7.05. The summed E-state index contributed by atoms with van der Waals surface area (Å²) < 4.78 is 5.18. The second kappa shape index (κ2) is 40.3. The Morgan fingerprint density at radius 1 is 0.164 bits per heavy atom. The molecule has 660 valence electrons. The van der Waals surface area contributed by atoms with E-state index in [-0.39, 0.29) is 0 Å². The summed E-state index contributed by atoms with van der Waals surface area (Å²) in [4.78, 5) is 9.36. The van der Waals surface area contributed by atoms with Crippen molar-refractivity contribution in [1.82, 2.24) is 4.57 Å². The summed E-state index contributed by atoms with van der Waals surface area (Å²) >= 11 is 0. The summed E-state index contributed by atoms with van der Waals surface area (Å²) in [5.74, 6) is 0. The molecule has 1 heterocycles. The van der Waals surface area contributed by atoms with Gasteiger partial charge in [0.1, 0.15) is 0 Å². The van der Waals surface area contributed by atoms with Gasteiger partial charge in [0.15, 0.2) is 0 Å². The van der Waals surface area contributed by atoms with Crippen molar-refractivity contribution in [2.45, 2.75) is 0 Å². The molecule has 0 saturated carbocycles. The molecule has 0 spiro atoms. The summed E-state index contributed by atoms with van der Waals surface area (Å²) in [5.41, 5.74) is 29.4. The van der Waals surface area contributed by atoms with Gasteiger partial charge in [0.2, 0.25) is 0 Å². The highest BCUT2D eigenvalue weighted by Gasteiger charge is 2.24. The van der Waals surface area contributed by atoms with E-state index >= 15 is 0 Å². The van der Waals surface area contributed by atoms with Crippen LogP contribution in [0.4, 0.5) is 68.2 Å². The maximum atomic E-state index is 4.39. The topological polar surface area (TPSA) is 30.3 Å². The summed E-state index contributed by atoms with van der Waals surface area (Å²) in [6.45, 7) is 0. The van der Waals surface area contributed by atoms with Gasteiger partial charge in [-0.3, -0.25) is 0 Å². The largest absolute Gasteiger partial charge is 0.344 e. The zero-order chi connectivity index (χ0) is 93.9. The zero-order valence-electron chi connectivity index (χ0n) is 77.0. The first-order valence-electron chi connectivity index (χ1n) is 47.4. The molecule has 140 heavy (non-hydrogen) atoms. The van der Waals surface area contributed by atoms with Crippen molar-refractivity contribution in [3.63, 3.8) is 0 Å². The quantitative estimate of drug-likeness (QED) is 0.0487. The van der Waals surface area contributed by atoms with Gasteiger partial charge >= 0.3 is 0 Å². The van der Waals surface area contributed by atoms with Crippen LogP contribution in [0, 0.1) is 0 Å². The van der Waals surface area contributed by atoms with E-state index in [9.17, 15) is 0 Å². The van der Waals surface area contributed by atoms with Crippen LogP contribution in [-0.4, -0.2) is 12.5 Å². The van der Waals surface area contributed by atoms with E-state index in [1.165, 1.54) is 148 Å². The van der Waals surface area contributed by atoms with Crippen LogP contribution in [0.1, 0.15) is 0 Å². The Kier molecular flexibility index (Phi) is 25.1. The first kappa shape index (κ1) is 87.4. The van der Waals surface area contributed by atoms with E-state index < -0.39 is 0 Å². The van der Waals surface area contributed by atoms with Crippen LogP contribution in [0.5, 0.6) is 0 Å². The van der Waals surface area contributed by atoms with Gasteiger partial charge in [0.05, 0.1) is 28.1 Å². The molecule has 0 fully saturated rings. The number of aromatic nitrogens is 1. The molecule has 2 radical (unpaired) electrons. The lowest BCUT2D eigenvalue weighted by Crippen LogP contribution is -2.10. The molecule has 25 aromatic rings. The van der Waals surface area contributed by atoms with Crippen LogP contribution < -0.4 is 19.6 Å². The predicted molar refractivity (Wildman–Crippen MR) is 601 cm³/mol. The second-order valence-electron chi connectivity index (χ2n) is 34.7. The maximum absolute atomic E-state index is 4.39. The van der Waals surface area contributed by atoms with E-state index in [1.807, 2.05) is 0 Å². The monoisotopic (exact) mass is 1800 g/mol. The van der Waals surface area contributed by atoms with Crippen molar-refractivity contribution in [3.8, 4) is 61.3 Å². The summed E-state index contributed by atoms with van der Waals surface area (Å²) in [6, 6.07) is 202. The first-order chi connectivity index (χ1) is 69.4. The fraction of sp³-hybridized carbons (Fsp3) is 0. The standard InChI is InChI=1S/C50H36N2.C44H32N2.C38H25N.BHNP/c1-3-17-42(18-4-1)51(45-35-29-41(30-36-45)48-23-11-15-39-13-7-9-21-47(39)48)44-31-25-37(26-32-44)38-27-33-46(34-28-38)52(43-19-5-2-6-20-43)50-24-12-16-40-14-8-10-22-49(40)50;1-3-17-37(18-4-1)45(43-23-11-15-35-13-7-9-21-41(35)43)39-29-25-33(26-30-39)34-27-31-40(32-28-34)46(38-19-5-2-6-20-38)44-24-12-16-36-14-8-10-22-42(36)44;1-2-12-26(13-3-1)37-31-16-4-6-18-33(31)38(34-19-7-5-17-32(34)37)27-22-24-28(25-23-27)39-35-20-10-8-14-29(35)30-15-9-11-21-36(30)39;1-2-3/h1-36H;1-32H;1-25H;3H. The zero-order valence-corrected chi connectivity index (χ0v) is 78.0. The Morgan fingerprint density at radius 2 is 0.379 bits per heavy atom. The summed E-state index contributed by atoms with van der Waals surface area (Å²) in [6.07, 6.45) is 0. The molecular formula is C132H94BN6P. The molecule has 0 aliphatic rings. The highest BCUT2D eigenvalue weighted by atomic mass is 31.0. The molecule has 0 atom stereocenters. The molecule has 0 aliphatic heterocycles. The van der Waals surface area contributed by atoms with Gasteiger partial charge in [-0.05, 0) is 265 Å². The fourth-order valence-electron chi connectivity index (χ4n) is 20.1. The van der Waals surface area contributed by atoms with Crippen molar-refractivity contribution in [1.29, 1.82) is 0 Å². The van der Waals surface area contributed by atoms with E-state index in [4.69, 9.17) is 0 Å². The third kappa shape index (κ3) is 17.7. The Bertz CT molecular complexity index is 8380. The van der Waals surface area contributed by atoms with Gasteiger partial charge in [-0.15, -0.1) is 0 Å². The number of fused-ring (bicyclic) bond motifs is 9. The fourth-order valence-corrected chi connectivity index (χ4v) is 20.1. The molecule has 0 aliphatic carbocycles. The number of para-hydroxylation sites is 6. The molecule has 0 saturated heterocycles. The van der Waals surface area contributed by atoms with Crippen molar-refractivity contribution in [2.75, 3.05) is 19.6 Å². The molecule has 0 unspecified atom stereocenters. The smallest absolute Gasteiger partial charge is 0.265 e. The molecule has 0 bridgehead atoms. The first-order valence-corrected chi connectivity index (χ1v) is 47.9. The molecule has 6 nitrogen and oxygen atoms in total. The van der Waals surface area contributed by atoms with Crippen LogP contribution >= 0.6 is 9.03 Å². The number of hydrogen-bond donors (Lipinski definition) is 0. The van der Waals surface area contributed by atoms with Gasteiger partial charge in [-0.1, -0.05) is 413 Å². The van der Waals surface area contributed by atoms with E-state index in [0.717, 1.165) is 68.2 Å².